The molecule has 0 unspecified atom stereocenters. The maximum absolute atomic E-state index is 11.1. The fourth-order valence-electron chi connectivity index (χ4n) is 1.61. The van der Waals surface area contributed by atoms with Crippen LogP contribution in [0, 0.1) is 0 Å². The molecule has 2 rings (SSSR count). The van der Waals surface area contributed by atoms with Crippen molar-refractivity contribution in [1.29, 1.82) is 0 Å². The average Bonchev–Trinajstić information content (AvgIpc) is 2.53. The van der Waals surface area contributed by atoms with Crippen molar-refractivity contribution in [3.63, 3.8) is 0 Å². The third kappa shape index (κ3) is 1.51. The first-order chi connectivity index (χ1) is 6.27. The van der Waals surface area contributed by atoms with Crippen LogP contribution in [-0.2, 0) is 4.79 Å². The van der Waals surface area contributed by atoms with Gasteiger partial charge in [-0.3, -0.25) is 4.79 Å². The summed E-state index contributed by atoms with van der Waals surface area (Å²) in [7, 11) is 0. The number of hydrogen-bond donors (Lipinski definition) is 1. The van der Waals surface area contributed by atoms with Crippen LogP contribution < -0.4 is 5.69 Å². The van der Waals surface area contributed by atoms with Gasteiger partial charge < -0.3 is 0 Å². The van der Waals surface area contributed by atoms with Crippen molar-refractivity contribution in [3.05, 3.63) is 10.5 Å². The Hall–Kier alpha value is -1.46. The predicted molar refractivity (Wildman–Crippen MR) is 43.2 cm³/mol. The molecule has 13 heavy (non-hydrogen) atoms. The Kier molecular flexibility index (Phi) is 1.96. The molecule has 1 saturated carbocycles. The van der Waals surface area contributed by atoms with Gasteiger partial charge in [0.2, 0.25) is 0 Å². The minimum absolute atomic E-state index is 0.0453. The third-order valence-corrected chi connectivity index (χ3v) is 2.35. The molecule has 1 fully saturated rings. The molecule has 1 aliphatic rings. The SMILES string of the molecule is O=C1CCC(n2nn[nH]c2=O)CC1. The van der Waals surface area contributed by atoms with Crippen LogP contribution in [0.5, 0.6) is 0 Å². The van der Waals surface area contributed by atoms with E-state index in [-0.39, 0.29) is 17.5 Å². The number of ketones is 1. The second-order valence-electron chi connectivity index (χ2n) is 3.22. The van der Waals surface area contributed by atoms with Crippen LogP contribution in [0.2, 0.25) is 0 Å². The average molecular weight is 182 g/mol. The maximum Gasteiger partial charge on any atom is 0.361 e. The second-order valence-corrected chi connectivity index (χ2v) is 3.22. The minimum atomic E-state index is -0.292. The molecule has 6 nitrogen and oxygen atoms in total. The fourth-order valence-corrected chi connectivity index (χ4v) is 1.61. The Labute approximate surface area is 73.9 Å². The number of carbonyl (C=O) groups is 1. The second kappa shape index (κ2) is 3.12. The number of nitrogens with one attached hydrogen (secondary N) is 1. The number of hydrogen-bond acceptors (Lipinski definition) is 4. The lowest BCUT2D eigenvalue weighted by Gasteiger charge is -2.18. The first-order valence-electron chi connectivity index (χ1n) is 4.29. The van der Waals surface area contributed by atoms with Gasteiger partial charge in [-0.05, 0) is 23.3 Å². The zero-order valence-corrected chi connectivity index (χ0v) is 7.06. The van der Waals surface area contributed by atoms with Crippen LogP contribution in [0.1, 0.15) is 31.7 Å². The van der Waals surface area contributed by atoms with Crippen molar-refractivity contribution >= 4 is 5.78 Å². The molecular formula is C7H10N4O2. The summed E-state index contributed by atoms with van der Waals surface area (Å²) in [5.41, 5.74) is -0.292. The van der Waals surface area contributed by atoms with Crippen LogP contribution in [-0.4, -0.2) is 26.0 Å². The third-order valence-electron chi connectivity index (χ3n) is 2.35. The van der Waals surface area contributed by atoms with E-state index in [1.807, 2.05) is 0 Å². The monoisotopic (exact) mass is 182 g/mol. The molecule has 0 bridgehead atoms. The minimum Gasteiger partial charge on any atom is -0.300 e. The molecule has 1 aliphatic carbocycles. The zero-order chi connectivity index (χ0) is 9.26. The standard InChI is InChI=1S/C7H10N4O2/c12-6-3-1-5(2-4-6)11-7(13)8-9-10-11/h5H,1-4H2,(H,8,10,13). The van der Waals surface area contributed by atoms with Crippen molar-refractivity contribution in [1.82, 2.24) is 20.2 Å². The van der Waals surface area contributed by atoms with Crippen molar-refractivity contribution < 1.29 is 4.79 Å². The fraction of sp³-hybridized carbons (Fsp3) is 0.714. The highest BCUT2D eigenvalue weighted by Gasteiger charge is 2.22. The quantitative estimate of drug-likeness (QED) is 0.643. The summed E-state index contributed by atoms with van der Waals surface area (Å²) in [5.74, 6) is 0.271. The topological polar surface area (TPSA) is 80.6 Å². The zero-order valence-electron chi connectivity index (χ0n) is 7.06. The number of tetrazole rings is 1. The van der Waals surface area contributed by atoms with Crippen molar-refractivity contribution in [2.24, 2.45) is 0 Å². The van der Waals surface area contributed by atoms with Gasteiger partial charge in [-0.25, -0.2) is 9.89 Å². The summed E-state index contributed by atoms with van der Waals surface area (Å²) in [5, 5.41) is 9.30. The number of nitrogens with zero attached hydrogens (tertiary/aromatic N) is 3. The number of H-pyrrole nitrogens is 1. The molecule has 1 N–H and O–H groups in total. The molecule has 6 heteroatoms. The largest absolute Gasteiger partial charge is 0.361 e. The van der Waals surface area contributed by atoms with Gasteiger partial charge in [-0.2, -0.15) is 4.68 Å². The molecule has 0 amide bonds. The molecule has 70 valence electrons. The van der Waals surface area contributed by atoms with E-state index in [1.54, 1.807) is 0 Å². The summed E-state index contributed by atoms with van der Waals surface area (Å²) >= 11 is 0. The Bertz CT molecular complexity index is 357. The van der Waals surface area contributed by atoms with E-state index >= 15 is 0 Å². The van der Waals surface area contributed by atoms with Crippen LogP contribution in [0.25, 0.3) is 0 Å². The molecule has 1 aromatic heterocycles. The number of aromatic nitrogens is 4. The highest BCUT2D eigenvalue weighted by molar-refractivity contribution is 5.79. The summed E-state index contributed by atoms with van der Waals surface area (Å²) in [6.45, 7) is 0. The highest BCUT2D eigenvalue weighted by atomic mass is 16.2. The summed E-state index contributed by atoms with van der Waals surface area (Å²) in [4.78, 5) is 22.0. The first-order valence-corrected chi connectivity index (χ1v) is 4.29. The van der Waals surface area contributed by atoms with Gasteiger partial charge in [0.15, 0.2) is 0 Å². The van der Waals surface area contributed by atoms with E-state index in [2.05, 4.69) is 15.5 Å². The van der Waals surface area contributed by atoms with Crippen molar-refractivity contribution in [2.75, 3.05) is 0 Å². The van der Waals surface area contributed by atoms with Gasteiger partial charge in [0.05, 0.1) is 6.04 Å². The first kappa shape index (κ1) is 8.15. The van der Waals surface area contributed by atoms with Crippen molar-refractivity contribution in [2.45, 2.75) is 31.7 Å². The van der Waals surface area contributed by atoms with E-state index in [0.717, 1.165) is 0 Å². The normalized spacial score (nSPS) is 19.2. The van der Waals surface area contributed by atoms with Crippen LogP contribution in [0.3, 0.4) is 0 Å². The predicted octanol–water partition coefficient (Wildman–Crippen LogP) is -0.349. The smallest absolute Gasteiger partial charge is 0.300 e. The summed E-state index contributed by atoms with van der Waals surface area (Å²) in [6.07, 6.45) is 2.49. The van der Waals surface area contributed by atoms with Gasteiger partial charge in [0.1, 0.15) is 5.78 Å². The molecule has 0 spiro atoms. The Morgan fingerprint density at radius 1 is 1.31 bits per heavy atom. The Morgan fingerprint density at radius 3 is 2.54 bits per heavy atom. The molecule has 1 heterocycles. The number of Topliss-reactive ketones (excluding diaryl/α,β-unsaturated/α-hetero) is 1. The van der Waals surface area contributed by atoms with Crippen LogP contribution >= 0.6 is 0 Å². The Balaban J connectivity index is 2.15. The van der Waals surface area contributed by atoms with E-state index in [4.69, 9.17) is 0 Å². The lowest BCUT2D eigenvalue weighted by Crippen LogP contribution is -2.27. The van der Waals surface area contributed by atoms with Gasteiger partial charge in [0, 0.05) is 12.8 Å². The molecule has 0 atom stereocenters. The van der Waals surface area contributed by atoms with E-state index < -0.39 is 0 Å². The van der Waals surface area contributed by atoms with E-state index in [1.165, 1.54) is 4.68 Å². The lowest BCUT2D eigenvalue weighted by molar-refractivity contribution is -0.120. The summed E-state index contributed by atoms with van der Waals surface area (Å²) < 4.78 is 1.33. The summed E-state index contributed by atoms with van der Waals surface area (Å²) in [6, 6.07) is 0.0453. The maximum atomic E-state index is 11.1. The van der Waals surface area contributed by atoms with Crippen LogP contribution in [0.4, 0.5) is 0 Å². The van der Waals surface area contributed by atoms with Crippen LogP contribution in [0.15, 0.2) is 4.79 Å². The number of rotatable bonds is 1. The van der Waals surface area contributed by atoms with E-state index in [9.17, 15) is 9.59 Å². The van der Waals surface area contributed by atoms with Gasteiger partial charge in [-0.1, -0.05) is 0 Å². The Morgan fingerprint density at radius 2 is 2.00 bits per heavy atom. The molecular weight excluding hydrogens is 172 g/mol. The molecule has 0 radical (unpaired) electrons. The molecule has 1 aromatic rings. The van der Waals surface area contributed by atoms with Gasteiger partial charge in [0.25, 0.3) is 0 Å². The molecule has 0 saturated heterocycles. The van der Waals surface area contributed by atoms with Gasteiger partial charge in [-0.15, -0.1) is 0 Å². The number of aromatic amines is 1. The number of carbonyl (C=O) groups excluding carboxylic acids is 1. The molecule has 0 aliphatic heterocycles. The highest BCUT2D eigenvalue weighted by Crippen LogP contribution is 2.23. The van der Waals surface area contributed by atoms with Gasteiger partial charge >= 0.3 is 5.69 Å². The molecule has 0 aromatic carbocycles. The van der Waals surface area contributed by atoms with E-state index in [0.29, 0.717) is 25.7 Å². The van der Waals surface area contributed by atoms with Crippen molar-refractivity contribution in [3.8, 4) is 0 Å². The lowest BCUT2D eigenvalue weighted by atomic mass is 9.95.